The van der Waals surface area contributed by atoms with Crippen LogP contribution < -0.4 is 16.4 Å². The van der Waals surface area contributed by atoms with Crippen LogP contribution in [0.25, 0.3) is 0 Å². The Bertz CT molecular complexity index is 424. The molecule has 1 saturated heterocycles. The number of amides is 2. The maximum absolute atomic E-state index is 12.5. The number of nitrogens with zero attached hydrogens (tertiary/aromatic N) is 1. The van der Waals surface area contributed by atoms with Crippen LogP contribution >= 0.6 is 0 Å². The molecule has 22 heavy (non-hydrogen) atoms. The topological polar surface area (TPSA) is 70.4 Å². The van der Waals surface area contributed by atoms with Crippen molar-refractivity contribution >= 4 is 6.03 Å². The lowest BCUT2D eigenvalue weighted by molar-refractivity contribution is -0.0533. The standard InChI is InChI=1S/C17H30N4O/c1-11-9-21(3-2-19-11)16(22)20-10-17(18)14-5-12-4-13(7-14)8-15(17)6-12/h11-15,19H,2-10,18H2,1H3,(H,20,22). The summed E-state index contributed by atoms with van der Waals surface area (Å²) >= 11 is 0. The van der Waals surface area contributed by atoms with Gasteiger partial charge < -0.3 is 21.3 Å². The lowest BCUT2D eigenvalue weighted by Crippen LogP contribution is -2.68. The smallest absolute Gasteiger partial charge is 0.317 e. The molecule has 0 aromatic heterocycles. The first kappa shape index (κ1) is 14.8. The van der Waals surface area contributed by atoms with Gasteiger partial charge in [0.25, 0.3) is 0 Å². The third-order valence-corrected chi connectivity index (χ3v) is 6.86. The van der Waals surface area contributed by atoms with E-state index in [0.29, 0.717) is 24.4 Å². The summed E-state index contributed by atoms with van der Waals surface area (Å²) in [4.78, 5) is 14.4. The SMILES string of the molecule is CC1CN(C(=O)NCC2(N)C3CC4CC(C3)CC2C4)CCN1. The Balaban J connectivity index is 1.37. The van der Waals surface area contributed by atoms with Gasteiger partial charge in [0, 0.05) is 37.8 Å². The van der Waals surface area contributed by atoms with Crippen molar-refractivity contribution < 1.29 is 4.79 Å². The molecular weight excluding hydrogens is 276 g/mol. The van der Waals surface area contributed by atoms with Gasteiger partial charge >= 0.3 is 6.03 Å². The lowest BCUT2D eigenvalue weighted by atomic mass is 9.49. The van der Waals surface area contributed by atoms with Crippen LogP contribution in [0.5, 0.6) is 0 Å². The lowest BCUT2D eigenvalue weighted by Gasteiger charge is -2.60. The maximum atomic E-state index is 12.5. The highest BCUT2D eigenvalue weighted by Gasteiger charge is 2.55. The molecular formula is C17H30N4O. The van der Waals surface area contributed by atoms with Gasteiger partial charge in [0.15, 0.2) is 0 Å². The largest absolute Gasteiger partial charge is 0.336 e. The van der Waals surface area contributed by atoms with Crippen LogP contribution in [0, 0.1) is 23.7 Å². The first-order chi connectivity index (χ1) is 10.5. The highest BCUT2D eigenvalue weighted by molar-refractivity contribution is 5.74. The highest BCUT2D eigenvalue weighted by Crippen LogP contribution is 2.57. The summed E-state index contributed by atoms with van der Waals surface area (Å²) in [5.41, 5.74) is 6.70. The van der Waals surface area contributed by atoms with Gasteiger partial charge in [0.2, 0.25) is 0 Å². The van der Waals surface area contributed by atoms with Crippen molar-refractivity contribution in [3.8, 4) is 0 Å². The van der Waals surface area contributed by atoms with Crippen molar-refractivity contribution in [3.63, 3.8) is 0 Å². The molecule has 1 atom stereocenters. The Kier molecular flexibility index (Phi) is 3.61. The normalized spacial score (nSPS) is 46.8. The molecule has 4 saturated carbocycles. The summed E-state index contributed by atoms with van der Waals surface area (Å²) in [6.45, 7) is 5.27. The number of rotatable bonds is 2. The number of hydrogen-bond acceptors (Lipinski definition) is 3. The molecule has 1 unspecified atom stereocenters. The zero-order valence-electron chi connectivity index (χ0n) is 13.7. The summed E-state index contributed by atoms with van der Waals surface area (Å²) in [5.74, 6) is 3.10. The Labute approximate surface area is 133 Å². The van der Waals surface area contributed by atoms with E-state index in [2.05, 4.69) is 17.6 Å². The Morgan fingerprint density at radius 2 is 1.86 bits per heavy atom. The number of piperazine rings is 1. The molecule has 0 spiro atoms. The third kappa shape index (κ3) is 2.42. The van der Waals surface area contributed by atoms with Crippen molar-refractivity contribution in [3.05, 3.63) is 0 Å². The molecule has 5 nitrogen and oxygen atoms in total. The molecule has 5 fully saturated rings. The summed E-state index contributed by atoms with van der Waals surface area (Å²) in [7, 11) is 0. The van der Waals surface area contributed by atoms with Crippen molar-refractivity contribution in [2.75, 3.05) is 26.2 Å². The first-order valence-electron chi connectivity index (χ1n) is 9.09. The zero-order valence-corrected chi connectivity index (χ0v) is 13.7. The average Bonchev–Trinajstić information content (AvgIpc) is 2.50. The maximum Gasteiger partial charge on any atom is 0.317 e. The Morgan fingerprint density at radius 3 is 2.45 bits per heavy atom. The summed E-state index contributed by atoms with van der Waals surface area (Å²) < 4.78 is 0. The summed E-state index contributed by atoms with van der Waals surface area (Å²) in [6, 6.07) is 0.458. The van der Waals surface area contributed by atoms with Crippen molar-refractivity contribution in [2.45, 2.75) is 50.6 Å². The predicted octanol–water partition coefficient (Wildman–Crippen LogP) is 1.14. The van der Waals surface area contributed by atoms with Crippen molar-refractivity contribution in [1.82, 2.24) is 15.5 Å². The number of nitrogens with one attached hydrogen (secondary N) is 2. The molecule has 0 aromatic carbocycles. The number of urea groups is 1. The Morgan fingerprint density at radius 1 is 1.23 bits per heavy atom. The van der Waals surface area contributed by atoms with Crippen LogP contribution in [-0.4, -0.2) is 48.7 Å². The van der Waals surface area contributed by atoms with E-state index in [9.17, 15) is 4.79 Å². The van der Waals surface area contributed by atoms with Crippen LogP contribution in [0.2, 0.25) is 0 Å². The van der Waals surface area contributed by atoms with Gasteiger partial charge in [0.1, 0.15) is 0 Å². The molecule has 5 heteroatoms. The second kappa shape index (κ2) is 5.38. The van der Waals surface area contributed by atoms with Crippen LogP contribution in [0.4, 0.5) is 4.79 Å². The van der Waals surface area contributed by atoms with E-state index in [4.69, 9.17) is 5.73 Å². The molecule has 4 aliphatic carbocycles. The van der Waals surface area contributed by atoms with Crippen LogP contribution in [0.1, 0.15) is 39.0 Å². The third-order valence-electron chi connectivity index (χ3n) is 6.86. The van der Waals surface area contributed by atoms with Crippen LogP contribution in [0.3, 0.4) is 0 Å². The predicted molar refractivity (Wildman–Crippen MR) is 86.4 cm³/mol. The molecule has 5 rings (SSSR count). The molecule has 0 radical (unpaired) electrons. The fourth-order valence-electron chi connectivity index (χ4n) is 5.81. The highest BCUT2D eigenvalue weighted by atomic mass is 16.2. The molecule has 5 aliphatic rings. The monoisotopic (exact) mass is 306 g/mol. The minimum Gasteiger partial charge on any atom is -0.336 e. The van der Waals surface area contributed by atoms with Gasteiger partial charge in [-0.25, -0.2) is 4.79 Å². The number of nitrogens with two attached hydrogens (primary N) is 1. The number of carbonyl (C=O) groups is 1. The Hall–Kier alpha value is -0.810. The molecule has 1 heterocycles. The van der Waals surface area contributed by atoms with Gasteiger partial charge in [-0.2, -0.15) is 0 Å². The van der Waals surface area contributed by atoms with E-state index < -0.39 is 0 Å². The van der Waals surface area contributed by atoms with Gasteiger partial charge in [-0.05, 0) is 62.7 Å². The van der Waals surface area contributed by atoms with E-state index >= 15 is 0 Å². The fraction of sp³-hybridized carbons (Fsp3) is 0.941. The average molecular weight is 306 g/mol. The molecule has 0 aromatic rings. The van der Waals surface area contributed by atoms with Crippen LogP contribution in [-0.2, 0) is 0 Å². The van der Waals surface area contributed by atoms with E-state index in [1.807, 2.05) is 4.90 Å². The quantitative estimate of drug-likeness (QED) is 0.716. The van der Waals surface area contributed by atoms with E-state index in [1.165, 1.54) is 32.1 Å². The molecule has 2 amide bonds. The van der Waals surface area contributed by atoms with Gasteiger partial charge in [-0.3, -0.25) is 0 Å². The second-order valence-electron chi connectivity index (χ2n) is 8.38. The van der Waals surface area contributed by atoms with Crippen molar-refractivity contribution in [1.29, 1.82) is 0 Å². The molecule has 4 N–H and O–H groups in total. The molecule has 4 bridgehead atoms. The van der Waals surface area contributed by atoms with Gasteiger partial charge in [0.05, 0.1) is 0 Å². The zero-order chi connectivity index (χ0) is 15.3. The first-order valence-corrected chi connectivity index (χ1v) is 9.09. The second-order valence-corrected chi connectivity index (χ2v) is 8.38. The number of carbonyl (C=O) groups excluding carboxylic acids is 1. The minimum absolute atomic E-state index is 0.0759. The molecule has 124 valence electrons. The minimum atomic E-state index is -0.150. The van der Waals surface area contributed by atoms with Gasteiger partial charge in [-0.1, -0.05) is 0 Å². The van der Waals surface area contributed by atoms with Gasteiger partial charge in [-0.15, -0.1) is 0 Å². The summed E-state index contributed by atoms with van der Waals surface area (Å²) in [6.07, 6.45) is 6.62. The summed E-state index contributed by atoms with van der Waals surface area (Å²) in [5, 5.41) is 6.55. The van der Waals surface area contributed by atoms with Crippen molar-refractivity contribution in [2.24, 2.45) is 29.4 Å². The van der Waals surface area contributed by atoms with E-state index in [0.717, 1.165) is 31.5 Å². The van der Waals surface area contributed by atoms with Crippen LogP contribution in [0.15, 0.2) is 0 Å². The number of hydrogen-bond donors (Lipinski definition) is 3. The fourth-order valence-corrected chi connectivity index (χ4v) is 5.81. The van der Waals surface area contributed by atoms with E-state index in [-0.39, 0.29) is 11.6 Å². The molecule has 1 aliphatic heterocycles. The van der Waals surface area contributed by atoms with E-state index in [1.54, 1.807) is 0 Å².